The highest BCUT2D eigenvalue weighted by atomic mass is 28.4. The van der Waals surface area contributed by atoms with E-state index in [0.29, 0.717) is 0 Å². The lowest BCUT2D eigenvalue weighted by Gasteiger charge is -2.44. The first kappa shape index (κ1) is 35.9. The maximum absolute atomic E-state index is 12.8. The Labute approximate surface area is 259 Å². The van der Waals surface area contributed by atoms with Crippen molar-refractivity contribution in [3.8, 4) is 6.01 Å². The zero-order valence-electron chi connectivity index (χ0n) is 28.8. The standard InChI is InChI=1S/C28H55N5O7Si3/c1-26(2,3)41(10,11)36-16-17-19(39-42(12,13)27(4,5)6)20(40-43(14,15)28(7,8)9)23(37-17)33-21-18(30-25(33)38-35)22(34)32-24(29)31-21/h17,19-20,23,35H,16H2,1-15H3,(H3,29,31,32,34). The van der Waals surface area contributed by atoms with Crippen molar-refractivity contribution in [1.82, 2.24) is 19.5 Å². The first-order valence-corrected chi connectivity index (χ1v) is 23.7. The van der Waals surface area contributed by atoms with Crippen molar-refractivity contribution < 1.29 is 28.2 Å². The van der Waals surface area contributed by atoms with Crippen molar-refractivity contribution in [3.05, 3.63) is 10.4 Å². The molecule has 1 aliphatic rings. The molecule has 1 aliphatic heterocycles. The average Bonchev–Trinajstić information content (AvgIpc) is 3.33. The van der Waals surface area contributed by atoms with Crippen molar-refractivity contribution in [3.63, 3.8) is 0 Å². The first-order valence-electron chi connectivity index (χ1n) is 15.0. The summed E-state index contributed by atoms with van der Waals surface area (Å²) >= 11 is 0. The number of nitrogens with zero attached hydrogens (tertiary/aromatic N) is 3. The van der Waals surface area contributed by atoms with Crippen molar-refractivity contribution in [2.24, 2.45) is 0 Å². The Balaban J connectivity index is 2.27. The quantitative estimate of drug-likeness (QED) is 0.160. The molecule has 3 rings (SSSR count). The molecule has 0 saturated carbocycles. The molecule has 0 aliphatic carbocycles. The smallest absolute Gasteiger partial charge is 0.338 e. The lowest BCUT2D eigenvalue weighted by Crippen LogP contribution is -2.54. The summed E-state index contributed by atoms with van der Waals surface area (Å²) in [5.74, 6) is -0.102. The molecular formula is C28H55N5O7Si3. The Morgan fingerprint density at radius 1 is 0.860 bits per heavy atom. The normalized spacial score (nSPS) is 22.9. The molecule has 3 heterocycles. The Morgan fingerprint density at radius 2 is 1.35 bits per heavy atom. The fourth-order valence-corrected chi connectivity index (χ4v) is 7.75. The highest BCUT2D eigenvalue weighted by molar-refractivity contribution is 6.75. The van der Waals surface area contributed by atoms with E-state index in [1.165, 1.54) is 4.57 Å². The number of H-pyrrole nitrogens is 1. The molecule has 0 bridgehead atoms. The summed E-state index contributed by atoms with van der Waals surface area (Å²) in [6.45, 7) is 33.1. The van der Waals surface area contributed by atoms with Gasteiger partial charge in [-0.2, -0.15) is 15.2 Å². The number of aromatic amines is 1. The van der Waals surface area contributed by atoms with E-state index < -0.39 is 55.1 Å². The number of nitrogens with two attached hydrogens (primary N) is 1. The third kappa shape index (κ3) is 7.13. The number of hydrogen-bond donors (Lipinski definition) is 3. The van der Waals surface area contributed by atoms with Gasteiger partial charge in [-0.3, -0.25) is 14.7 Å². The Hall–Kier alpha value is -1.60. The zero-order chi connectivity index (χ0) is 33.1. The largest absolute Gasteiger partial charge is 0.414 e. The van der Waals surface area contributed by atoms with E-state index >= 15 is 0 Å². The van der Waals surface area contributed by atoms with Crippen molar-refractivity contribution in [2.45, 2.75) is 141 Å². The van der Waals surface area contributed by atoms with Crippen LogP contribution < -0.4 is 16.2 Å². The summed E-state index contributed by atoms with van der Waals surface area (Å²) in [6.07, 6.45) is -2.66. The minimum absolute atomic E-state index is 0.0151. The number of nitrogens with one attached hydrogen (secondary N) is 1. The van der Waals surface area contributed by atoms with Crippen LogP contribution in [0.4, 0.5) is 5.95 Å². The topological polar surface area (TPSA) is 156 Å². The minimum atomic E-state index is -2.45. The van der Waals surface area contributed by atoms with E-state index in [4.69, 9.17) is 28.6 Å². The van der Waals surface area contributed by atoms with Crippen molar-refractivity contribution in [2.75, 3.05) is 12.3 Å². The highest BCUT2D eigenvalue weighted by Crippen LogP contribution is 2.47. The molecule has 4 unspecified atom stereocenters. The molecule has 0 spiro atoms. The molecule has 43 heavy (non-hydrogen) atoms. The van der Waals surface area contributed by atoms with E-state index in [1.807, 2.05) is 0 Å². The first-order chi connectivity index (χ1) is 19.2. The Bertz CT molecular complexity index is 1360. The predicted octanol–water partition coefficient (Wildman–Crippen LogP) is 6.25. The van der Waals surface area contributed by atoms with Crippen LogP contribution in [0, 0.1) is 0 Å². The van der Waals surface area contributed by atoms with Gasteiger partial charge in [-0.1, -0.05) is 62.3 Å². The number of anilines is 1. The number of rotatable bonds is 9. The van der Waals surface area contributed by atoms with E-state index in [2.05, 4.69) is 117 Å². The Morgan fingerprint density at radius 3 is 1.81 bits per heavy atom. The summed E-state index contributed by atoms with van der Waals surface area (Å²) in [5, 5.41) is 9.68. The lowest BCUT2D eigenvalue weighted by atomic mass is 10.1. The second-order valence-corrected chi connectivity index (χ2v) is 30.6. The predicted molar refractivity (Wildman–Crippen MR) is 177 cm³/mol. The van der Waals surface area contributed by atoms with Crippen LogP contribution >= 0.6 is 0 Å². The number of aromatic nitrogens is 4. The number of ether oxygens (including phenoxy) is 1. The Kier molecular flexibility index (Phi) is 9.71. The van der Waals surface area contributed by atoms with Crippen LogP contribution in [0.1, 0.15) is 68.5 Å². The van der Waals surface area contributed by atoms with Gasteiger partial charge in [-0.05, 0) is 54.4 Å². The molecule has 1 saturated heterocycles. The molecule has 0 radical (unpaired) electrons. The summed E-state index contributed by atoms with van der Waals surface area (Å²) in [7, 11) is -7.00. The van der Waals surface area contributed by atoms with Gasteiger partial charge >= 0.3 is 6.01 Å². The second kappa shape index (κ2) is 11.6. The fourth-order valence-electron chi connectivity index (χ4n) is 4.13. The van der Waals surface area contributed by atoms with Crippen LogP contribution in [0.15, 0.2) is 4.79 Å². The summed E-state index contributed by atoms with van der Waals surface area (Å²) in [5.41, 5.74) is 5.45. The van der Waals surface area contributed by atoms with Gasteiger partial charge in [-0.25, -0.2) is 4.57 Å². The molecule has 0 amide bonds. The maximum Gasteiger partial charge on any atom is 0.338 e. The van der Waals surface area contributed by atoms with Crippen LogP contribution in [0.3, 0.4) is 0 Å². The van der Waals surface area contributed by atoms with Crippen molar-refractivity contribution >= 4 is 42.1 Å². The molecule has 4 N–H and O–H groups in total. The van der Waals surface area contributed by atoms with Gasteiger partial charge in [0.2, 0.25) is 5.95 Å². The maximum atomic E-state index is 12.8. The summed E-state index contributed by atoms with van der Waals surface area (Å²) < 4.78 is 29.3. The van der Waals surface area contributed by atoms with Gasteiger partial charge in [0, 0.05) is 0 Å². The fraction of sp³-hybridized carbons (Fsp3) is 0.821. The average molecular weight is 658 g/mol. The third-order valence-electron chi connectivity index (χ3n) is 10.0. The third-order valence-corrected chi connectivity index (χ3v) is 23.5. The van der Waals surface area contributed by atoms with Crippen molar-refractivity contribution in [1.29, 1.82) is 0 Å². The molecule has 1 fully saturated rings. The van der Waals surface area contributed by atoms with Gasteiger partial charge in [0.15, 0.2) is 42.3 Å². The van der Waals surface area contributed by atoms with Crippen LogP contribution in [-0.2, 0) is 18.0 Å². The van der Waals surface area contributed by atoms with Crippen LogP contribution in [0.25, 0.3) is 11.2 Å². The molecule has 4 atom stereocenters. The van der Waals surface area contributed by atoms with Crippen LogP contribution in [0.2, 0.25) is 54.4 Å². The van der Waals surface area contributed by atoms with Crippen LogP contribution in [0.5, 0.6) is 6.01 Å². The summed E-state index contributed by atoms with van der Waals surface area (Å²) in [4.78, 5) is 28.5. The lowest BCUT2D eigenvalue weighted by molar-refractivity contribution is -0.155. The number of imidazole rings is 1. The highest BCUT2D eigenvalue weighted by Gasteiger charge is 2.55. The van der Waals surface area contributed by atoms with Gasteiger partial charge in [0.05, 0.1) is 6.61 Å². The number of fused-ring (bicyclic) bond motifs is 1. The summed E-state index contributed by atoms with van der Waals surface area (Å²) in [6, 6.07) is -0.260. The SMILES string of the molecule is CC(C)(C)[Si](C)(C)OCC1OC(n2c(OO)nc3c(=O)[nH]c(N)nc32)C(O[Si](C)(C)C(C)(C)C)C1O[Si](C)(C)C(C)(C)C. The van der Waals surface area contributed by atoms with Gasteiger partial charge < -0.3 is 23.7 Å². The minimum Gasteiger partial charge on any atom is -0.414 e. The molecule has 2 aromatic rings. The van der Waals surface area contributed by atoms with E-state index in [0.717, 1.165) is 0 Å². The van der Waals surface area contributed by atoms with E-state index in [1.54, 1.807) is 0 Å². The number of hydrogen-bond acceptors (Lipinski definition) is 10. The van der Waals surface area contributed by atoms with E-state index in [-0.39, 0.29) is 44.8 Å². The molecule has 246 valence electrons. The van der Waals surface area contributed by atoms with Gasteiger partial charge in [-0.15, -0.1) is 0 Å². The molecule has 0 aromatic carbocycles. The van der Waals surface area contributed by atoms with Crippen LogP contribution in [-0.4, -0.2) is 74.6 Å². The number of nitrogen functional groups attached to an aromatic ring is 1. The molecule has 15 heteroatoms. The second-order valence-electron chi connectivity index (χ2n) is 16.3. The molecule has 12 nitrogen and oxygen atoms in total. The van der Waals surface area contributed by atoms with E-state index in [9.17, 15) is 10.1 Å². The van der Waals surface area contributed by atoms with Gasteiger partial charge in [0.1, 0.15) is 18.3 Å². The monoisotopic (exact) mass is 657 g/mol. The van der Waals surface area contributed by atoms with Gasteiger partial charge in [0.25, 0.3) is 5.56 Å². The molecule has 2 aromatic heterocycles. The molecular weight excluding hydrogens is 603 g/mol. The zero-order valence-corrected chi connectivity index (χ0v) is 31.8.